The summed E-state index contributed by atoms with van der Waals surface area (Å²) in [5.41, 5.74) is 2.58. The number of H-pyrrole nitrogens is 1. The van der Waals surface area contributed by atoms with Gasteiger partial charge in [0.25, 0.3) is 0 Å². The van der Waals surface area contributed by atoms with E-state index < -0.39 is 0 Å². The van der Waals surface area contributed by atoms with Gasteiger partial charge in [0.1, 0.15) is 6.07 Å². The van der Waals surface area contributed by atoms with Crippen LogP contribution < -0.4 is 0 Å². The van der Waals surface area contributed by atoms with Crippen molar-refractivity contribution in [3.8, 4) is 6.07 Å². The number of fused-ring (bicyclic) bond motifs is 1. The van der Waals surface area contributed by atoms with Crippen LogP contribution in [0.2, 0.25) is 0 Å². The molecule has 18 heavy (non-hydrogen) atoms. The Kier molecular flexibility index (Phi) is 2.71. The Balaban J connectivity index is 2.08. The van der Waals surface area contributed by atoms with Gasteiger partial charge < -0.3 is 9.55 Å². The van der Waals surface area contributed by atoms with E-state index in [-0.39, 0.29) is 0 Å². The molecule has 1 atom stereocenters. The van der Waals surface area contributed by atoms with Crippen LogP contribution in [0.25, 0.3) is 11.0 Å². The largest absolute Gasteiger partial charge is 0.329 e. The summed E-state index contributed by atoms with van der Waals surface area (Å²) in [6, 6.07) is 7.98. The standard InChI is InChI=1S/C14H15N3S/c1-9(10-5-6-10)8-17-12-4-2-3-11(7-15)13(12)16-14(17)18/h2-4,9-10H,5-6,8H2,1H3,(H,16,18). The summed E-state index contributed by atoms with van der Waals surface area (Å²) in [6.45, 7) is 3.23. The highest BCUT2D eigenvalue weighted by Crippen LogP contribution is 2.37. The van der Waals surface area contributed by atoms with Crippen molar-refractivity contribution < 1.29 is 0 Å². The van der Waals surface area contributed by atoms with Crippen molar-refractivity contribution in [3.05, 3.63) is 28.5 Å². The maximum absolute atomic E-state index is 9.10. The lowest BCUT2D eigenvalue weighted by Gasteiger charge is -2.11. The van der Waals surface area contributed by atoms with Crippen LogP contribution in [0.1, 0.15) is 25.3 Å². The second kappa shape index (κ2) is 4.25. The summed E-state index contributed by atoms with van der Waals surface area (Å²) in [7, 11) is 0. The van der Waals surface area contributed by atoms with E-state index in [1.807, 2.05) is 18.2 Å². The minimum atomic E-state index is 0.654. The summed E-state index contributed by atoms with van der Waals surface area (Å²) >= 11 is 5.38. The Hall–Kier alpha value is -1.60. The number of aromatic amines is 1. The molecule has 1 aromatic heterocycles. The van der Waals surface area contributed by atoms with Crippen LogP contribution in [0.15, 0.2) is 18.2 Å². The molecule has 0 bridgehead atoms. The van der Waals surface area contributed by atoms with Gasteiger partial charge in [0, 0.05) is 6.54 Å². The first-order valence-corrected chi connectivity index (χ1v) is 6.73. The monoisotopic (exact) mass is 257 g/mol. The Morgan fingerprint density at radius 1 is 1.56 bits per heavy atom. The number of para-hydroxylation sites is 1. The lowest BCUT2D eigenvalue weighted by Crippen LogP contribution is -2.09. The van der Waals surface area contributed by atoms with Gasteiger partial charge in [-0.25, -0.2) is 0 Å². The molecule has 0 aliphatic heterocycles. The highest BCUT2D eigenvalue weighted by atomic mass is 32.1. The molecule has 1 aliphatic carbocycles. The fourth-order valence-corrected chi connectivity index (χ4v) is 2.83. The molecule has 0 saturated heterocycles. The molecule has 1 heterocycles. The van der Waals surface area contributed by atoms with Crippen LogP contribution in [0.4, 0.5) is 0 Å². The first kappa shape index (κ1) is 11.5. The predicted octanol–water partition coefficient (Wildman–Crippen LogP) is 3.62. The summed E-state index contributed by atoms with van der Waals surface area (Å²) in [5, 5.41) is 9.10. The molecule has 1 N–H and O–H groups in total. The second-order valence-electron chi connectivity index (χ2n) is 5.17. The van der Waals surface area contributed by atoms with Crippen molar-refractivity contribution in [3.63, 3.8) is 0 Å². The molecule has 1 aromatic carbocycles. The molecular formula is C14H15N3S. The van der Waals surface area contributed by atoms with Crippen molar-refractivity contribution >= 4 is 23.3 Å². The van der Waals surface area contributed by atoms with Gasteiger partial charge in [-0.05, 0) is 49.0 Å². The summed E-state index contributed by atoms with van der Waals surface area (Å²) in [6.07, 6.45) is 2.70. The number of nitrogens with one attached hydrogen (secondary N) is 1. The van der Waals surface area contributed by atoms with Crippen LogP contribution in [0, 0.1) is 27.9 Å². The molecule has 0 amide bonds. The molecule has 1 saturated carbocycles. The highest BCUT2D eigenvalue weighted by Gasteiger charge is 2.28. The van der Waals surface area contributed by atoms with Crippen LogP contribution >= 0.6 is 12.2 Å². The average molecular weight is 257 g/mol. The summed E-state index contributed by atoms with van der Waals surface area (Å²) < 4.78 is 2.86. The third-order valence-corrected chi connectivity index (χ3v) is 4.15. The molecule has 0 radical (unpaired) electrons. The topological polar surface area (TPSA) is 44.5 Å². The third kappa shape index (κ3) is 1.85. The minimum Gasteiger partial charge on any atom is -0.329 e. The number of nitrogens with zero attached hydrogens (tertiary/aromatic N) is 2. The normalized spacial score (nSPS) is 16.7. The van der Waals surface area contributed by atoms with Crippen molar-refractivity contribution in [2.75, 3.05) is 0 Å². The number of nitriles is 1. The van der Waals surface area contributed by atoms with Crippen molar-refractivity contribution in [2.24, 2.45) is 11.8 Å². The zero-order valence-corrected chi connectivity index (χ0v) is 11.1. The number of hydrogen-bond acceptors (Lipinski definition) is 2. The van der Waals surface area contributed by atoms with Crippen LogP contribution in [0.5, 0.6) is 0 Å². The Bertz CT molecular complexity index is 685. The van der Waals surface area contributed by atoms with E-state index in [0.29, 0.717) is 11.5 Å². The van der Waals surface area contributed by atoms with Gasteiger partial charge in [0.2, 0.25) is 0 Å². The zero-order valence-electron chi connectivity index (χ0n) is 10.3. The molecule has 1 unspecified atom stereocenters. The summed E-state index contributed by atoms with van der Waals surface area (Å²) in [4.78, 5) is 3.17. The maximum Gasteiger partial charge on any atom is 0.178 e. The first-order valence-electron chi connectivity index (χ1n) is 6.32. The van der Waals surface area contributed by atoms with E-state index in [9.17, 15) is 0 Å². The van der Waals surface area contributed by atoms with E-state index in [4.69, 9.17) is 17.5 Å². The van der Waals surface area contributed by atoms with Gasteiger partial charge in [-0.1, -0.05) is 13.0 Å². The fourth-order valence-electron chi connectivity index (χ4n) is 2.56. The number of benzene rings is 1. The molecule has 2 aromatic rings. The number of rotatable bonds is 3. The molecule has 1 aliphatic rings. The smallest absolute Gasteiger partial charge is 0.178 e. The van der Waals surface area contributed by atoms with Crippen molar-refractivity contribution in [1.29, 1.82) is 5.26 Å². The number of hydrogen-bond donors (Lipinski definition) is 1. The van der Waals surface area contributed by atoms with Crippen molar-refractivity contribution in [1.82, 2.24) is 9.55 Å². The molecular weight excluding hydrogens is 242 g/mol. The Morgan fingerprint density at radius 3 is 3.00 bits per heavy atom. The van der Waals surface area contributed by atoms with E-state index in [1.165, 1.54) is 12.8 Å². The van der Waals surface area contributed by atoms with E-state index in [1.54, 1.807) is 0 Å². The molecule has 0 spiro atoms. The van der Waals surface area contributed by atoms with Gasteiger partial charge in [0.05, 0.1) is 16.6 Å². The highest BCUT2D eigenvalue weighted by molar-refractivity contribution is 7.71. The molecule has 4 heteroatoms. The SMILES string of the molecule is CC(Cn1c(=S)[nH]c2c(C#N)cccc21)C1CC1. The van der Waals surface area contributed by atoms with E-state index in [0.717, 1.165) is 28.3 Å². The Morgan fingerprint density at radius 2 is 2.33 bits per heavy atom. The molecule has 92 valence electrons. The number of aromatic nitrogens is 2. The number of imidazole rings is 1. The average Bonchev–Trinajstić information content (AvgIpc) is 3.16. The predicted molar refractivity (Wildman–Crippen MR) is 73.7 cm³/mol. The summed E-state index contributed by atoms with van der Waals surface area (Å²) in [5.74, 6) is 1.51. The maximum atomic E-state index is 9.10. The van der Waals surface area contributed by atoms with E-state index >= 15 is 0 Å². The van der Waals surface area contributed by atoms with Crippen LogP contribution in [-0.4, -0.2) is 9.55 Å². The van der Waals surface area contributed by atoms with Crippen LogP contribution in [-0.2, 0) is 6.54 Å². The van der Waals surface area contributed by atoms with Gasteiger partial charge in [0.15, 0.2) is 4.77 Å². The molecule has 3 nitrogen and oxygen atoms in total. The van der Waals surface area contributed by atoms with Gasteiger partial charge in [-0.2, -0.15) is 5.26 Å². The second-order valence-corrected chi connectivity index (χ2v) is 5.55. The lowest BCUT2D eigenvalue weighted by molar-refractivity contribution is 0.434. The first-order chi connectivity index (χ1) is 8.70. The lowest BCUT2D eigenvalue weighted by atomic mass is 10.1. The Labute approximate surface area is 111 Å². The van der Waals surface area contributed by atoms with Gasteiger partial charge >= 0.3 is 0 Å². The fraction of sp³-hybridized carbons (Fsp3) is 0.429. The molecule has 3 rings (SSSR count). The van der Waals surface area contributed by atoms with Gasteiger partial charge in [-0.15, -0.1) is 0 Å². The van der Waals surface area contributed by atoms with Crippen LogP contribution in [0.3, 0.4) is 0 Å². The van der Waals surface area contributed by atoms with Crippen molar-refractivity contribution in [2.45, 2.75) is 26.3 Å². The van der Waals surface area contributed by atoms with E-state index in [2.05, 4.69) is 22.5 Å². The zero-order chi connectivity index (χ0) is 12.7. The molecule has 1 fully saturated rings. The quantitative estimate of drug-likeness (QED) is 0.853. The van der Waals surface area contributed by atoms with Gasteiger partial charge in [-0.3, -0.25) is 0 Å². The minimum absolute atomic E-state index is 0.654. The third-order valence-electron chi connectivity index (χ3n) is 3.83.